The molecule has 1 atom stereocenters. The largest absolute Gasteiger partial charge is 0.353 e. The van der Waals surface area contributed by atoms with Gasteiger partial charge in [-0.2, -0.15) is 5.10 Å². The van der Waals surface area contributed by atoms with Crippen LogP contribution in [0.4, 0.5) is 0 Å². The average Bonchev–Trinajstić information content (AvgIpc) is 3.31. The van der Waals surface area contributed by atoms with Gasteiger partial charge in [-0.1, -0.05) is 29.8 Å². The van der Waals surface area contributed by atoms with E-state index in [2.05, 4.69) is 39.9 Å². The third-order valence-electron chi connectivity index (χ3n) is 5.17. The molecule has 3 heterocycles. The first kappa shape index (κ1) is 16.4. The number of para-hydroxylation sites is 1. The molecule has 0 amide bonds. The van der Waals surface area contributed by atoms with E-state index in [1.165, 1.54) is 18.5 Å². The zero-order chi connectivity index (χ0) is 17.4. The lowest BCUT2D eigenvalue weighted by Crippen LogP contribution is -2.24. The number of benzene rings is 1. The molecule has 5 heteroatoms. The fraction of sp³-hybridized carbons (Fsp3) is 0.350. The number of rotatable bonds is 4. The Hall–Kier alpha value is -2.04. The lowest BCUT2D eigenvalue weighted by Gasteiger charge is -2.25. The number of hydrogen-bond acceptors (Lipinski definition) is 2. The minimum atomic E-state index is 0.454. The van der Waals surface area contributed by atoms with Crippen LogP contribution in [0.3, 0.4) is 0 Å². The van der Waals surface area contributed by atoms with Crippen molar-refractivity contribution in [3.8, 4) is 5.69 Å². The van der Waals surface area contributed by atoms with E-state index in [-0.39, 0.29) is 0 Å². The van der Waals surface area contributed by atoms with Gasteiger partial charge < -0.3 is 4.57 Å². The van der Waals surface area contributed by atoms with Crippen molar-refractivity contribution in [1.29, 1.82) is 0 Å². The molecule has 3 aromatic rings. The summed E-state index contributed by atoms with van der Waals surface area (Å²) in [6, 6.07) is 14.9. The van der Waals surface area contributed by atoms with Gasteiger partial charge in [0.1, 0.15) is 5.15 Å². The Kier molecular flexibility index (Phi) is 4.40. The van der Waals surface area contributed by atoms with Crippen LogP contribution in [-0.4, -0.2) is 25.8 Å². The molecule has 0 bridgehead atoms. The van der Waals surface area contributed by atoms with E-state index in [1.807, 2.05) is 41.9 Å². The molecule has 1 aromatic carbocycles. The Morgan fingerprint density at radius 2 is 1.96 bits per heavy atom. The smallest absolute Gasteiger partial charge is 0.137 e. The molecule has 2 aromatic heterocycles. The Bertz CT molecular complexity index is 865. The highest BCUT2D eigenvalue weighted by Gasteiger charge is 2.29. The van der Waals surface area contributed by atoms with Gasteiger partial charge in [0.15, 0.2) is 0 Å². The van der Waals surface area contributed by atoms with Gasteiger partial charge in [0, 0.05) is 31.0 Å². The Balaban J connectivity index is 1.63. The van der Waals surface area contributed by atoms with Gasteiger partial charge in [0.05, 0.1) is 17.4 Å². The summed E-state index contributed by atoms with van der Waals surface area (Å²) in [6.07, 6.45) is 4.54. The molecule has 0 radical (unpaired) electrons. The van der Waals surface area contributed by atoms with Crippen LogP contribution in [0.15, 0.2) is 48.7 Å². The van der Waals surface area contributed by atoms with E-state index >= 15 is 0 Å². The molecule has 1 fully saturated rings. The highest BCUT2D eigenvalue weighted by Crippen LogP contribution is 2.35. The first-order valence-electron chi connectivity index (χ1n) is 8.80. The first-order valence-corrected chi connectivity index (χ1v) is 9.17. The summed E-state index contributed by atoms with van der Waals surface area (Å²) < 4.78 is 4.07. The third-order valence-corrected chi connectivity index (χ3v) is 5.56. The zero-order valence-electron chi connectivity index (χ0n) is 14.7. The van der Waals surface area contributed by atoms with E-state index in [0.717, 1.165) is 35.2 Å². The molecule has 130 valence electrons. The van der Waals surface area contributed by atoms with Gasteiger partial charge in [-0.3, -0.25) is 4.90 Å². The van der Waals surface area contributed by atoms with Crippen LogP contribution in [-0.2, 0) is 13.6 Å². The maximum Gasteiger partial charge on any atom is 0.137 e. The Labute approximate surface area is 153 Å². The maximum absolute atomic E-state index is 6.72. The first-order chi connectivity index (χ1) is 12.1. The molecule has 25 heavy (non-hydrogen) atoms. The van der Waals surface area contributed by atoms with Gasteiger partial charge in [-0.25, -0.2) is 4.68 Å². The highest BCUT2D eigenvalue weighted by molar-refractivity contribution is 6.30. The van der Waals surface area contributed by atoms with Crippen LogP contribution in [0.1, 0.15) is 35.8 Å². The van der Waals surface area contributed by atoms with Crippen LogP contribution < -0.4 is 0 Å². The summed E-state index contributed by atoms with van der Waals surface area (Å²) in [4.78, 5) is 2.53. The minimum absolute atomic E-state index is 0.454. The normalized spacial score (nSPS) is 18.1. The number of likely N-dealkylation sites (tertiary alicyclic amines) is 1. The van der Waals surface area contributed by atoms with E-state index in [0.29, 0.717) is 6.04 Å². The monoisotopic (exact) mass is 354 g/mol. The molecule has 0 spiro atoms. The number of halogens is 1. The van der Waals surface area contributed by atoms with Crippen LogP contribution in [0.2, 0.25) is 5.15 Å². The molecule has 1 aliphatic heterocycles. The zero-order valence-corrected chi connectivity index (χ0v) is 15.4. The second-order valence-electron chi connectivity index (χ2n) is 6.77. The standard InChI is InChI=1S/C20H23ClN4/c1-15-17(20(21)25(22-15)16-8-4-3-5-9-16)14-24-13-7-11-19(24)18-10-6-12-23(18)2/h3-6,8-10,12,19H,7,11,13-14H2,1-2H3/t19-/m1/s1. The molecule has 0 unspecified atom stereocenters. The number of nitrogens with zero attached hydrogens (tertiary/aromatic N) is 4. The number of aryl methyl sites for hydroxylation is 2. The summed E-state index contributed by atoms with van der Waals surface area (Å²) in [7, 11) is 2.12. The second kappa shape index (κ2) is 6.70. The van der Waals surface area contributed by atoms with Gasteiger partial charge in [0.2, 0.25) is 0 Å². The van der Waals surface area contributed by atoms with E-state index in [4.69, 9.17) is 11.6 Å². The second-order valence-corrected chi connectivity index (χ2v) is 7.13. The molecule has 0 saturated carbocycles. The van der Waals surface area contributed by atoms with Crippen molar-refractivity contribution in [3.05, 3.63) is 70.8 Å². The van der Waals surface area contributed by atoms with Crippen molar-refractivity contribution in [2.45, 2.75) is 32.4 Å². The van der Waals surface area contributed by atoms with E-state index < -0.39 is 0 Å². The number of hydrogen-bond donors (Lipinski definition) is 0. The molecule has 0 aliphatic carbocycles. The third kappa shape index (κ3) is 3.00. The van der Waals surface area contributed by atoms with Gasteiger partial charge >= 0.3 is 0 Å². The molecule has 4 nitrogen and oxygen atoms in total. The molecule has 0 N–H and O–H groups in total. The molecule has 1 saturated heterocycles. The van der Waals surface area contributed by atoms with Crippen LogP contribution in [0, 0.1) is 6.92 Å². The highest BCUT2D eigenvalue weighted by atomic mass is 35.5. The van der Waals surface area contributed by atoms with Crippen molar-refractivity contribution in [3.63, 3.8) is 0 Å². The summed E-state index contributed by atoms with van der Waals surface area (Å²) >= 11 is 6.72. The van der Waals surface area contributed by atoms with E-state index in [1.54, 1.807) is 0 Å². The fourth-order valence-corrected chi connectivity index (χ4v) is 4.16. The van der Waals surface area contributed by atoms with Crippen LogP contribution in [0.25, 0.3) is 5.69 Å². The summed E-state index contributed by atoms with van der Waals surface area (Å²) in [5, 5.41) is 5.40. The van der Waals surface area contributed by atoms with Crippen molar-refractivity contribution in [2.24, 2.45) is 7.05 Å². The van der Waals surface area contributed by atoms with Crippen LogP contribution >= 0.6 is 11.6 Å². The van der Waals surface area contributed by atoms with Crippen molar-refractivity contribution >= 4 is 11.6 Å². The maximum atomic E-state index is 6.72. The van der Waals surface area contributed by atoms with Crippen molar-refractivity contribution in [2.75, 3.05) is 6.54 Å². The lowest BCUT2D eigenvalue weighted by molar-refractivity contribution is 0.240. The van der Waals surface area contributed by atoms with E-state index in [9.17, 15) is 0 Å². The average molecular weight is 355 g/mol. The van der Waals surface area contributed by atoms with Crippen LogP contribution in [0.5, 0.6) is 0 Å². The molecular formula is C20H23ClN4. The summed E-state index contributed by atoms with van der Waals surface area (Å²) in [5.41, 5.74) is 4.52. The summed E-state index contributed by atoms with van der Waals surface area (Å²) in [6.45, 7) is 3.99. The van der Waals surface area contributed by atoms with Gasteiger partial charge in [-0.05, 0) is 50.6 Å². The van der Waals surface area contributed by atoms with Gasteiger partial charge in [-0.15, -0.1) is 0 Å². The fourth-order valence-electron chi connectivity index (χ4n) is 3.83. The SMILES string of the molecule is Cc1nn(-c2ccccc2)c(Cl)c1CN1CCC[C@@H]1c1cccn1C. The van der Waals surface area contributed by atoms with Crippen molar-refractivity contribution in [1.82, 2.24) is 19.2 Å². The number of aromatic nitrogens is 3. The minimum Gasteiger partial charge on any atom is -0.353 e. The van der Waals surface area contributed by atoms with Gasteiger partial charge in [0.25, 0.3) is 0 Å². The summed E-state index contributed by atoms with van der Waals surface area (Å²) in [5.74, 6) is 0. The Morgan fingerprint density at radius 3 is 2.68 bits per heavy atom. The topological polar surface area (TPSA) is 26.0 Å². The lowest BCUT2D eigenvalue weighted by atomic mass is 10.1. The predicted molar refractivity (Wildman–Crippen MR) is 101 cm³/mol. The van der Waals surface area contributed by atoms with Crippen molar-refractivity contribution < 1.29 is 0 Å². The molecule has 4 rings (SSSR count). The predicted octanol–water partition coefficient (Wildman–Crippen LogP) is 4.51. The molecular weight excluding hydrogens is 332 g/mol. The Morgan fingerprint density at radius 1 is 1.16 bits per heavy atom. The molecule has 1 aliphatic rings. The quantitative estimate of drug-likeness (QED) is 0.689.